The average molecular weight is 434 g/mol. The molecule has 0 spiro atoms. The summed E-state index contributed by atoms with van der Waals surface area (Å²) in [4.78, 5) is 28.5. The minimum absolute atomic E-state index is 0.0156. The molecule has 7 nitrogen and oxygen atoms in total. The SMILES string of the molecule is NC(=O)Cn1c(SCC(=O)N2CCCC2c2cccs2)nnc1-c1cccs1. The van der Waals surface area contributed by atoms with Crippen molar-refractivity contribution in [1.29, 1.82) is 0 Å². The Kier molecular flexibility index (Phi) is 5.79. The summed E-state index contributed by atoms with van der Waals surface area (Å²) in [5.74, 6) is 0.458. The van der Waals surface area contributed by atoms with E-state index in [4.69, 9.17) is 5.73 Å². The van der Waals surface area contributed by atoms with E-state index in [1.165, 1.54) is 28.0 Å². The lowest BCUT2D eigenvalue weighted by molar-refractivity contribution is -0.129. The lowest BCUT2D eigenvalue weighted by Gasteiger charge is -2.23. The molecule has 0 radical (unpaired) electrons. The number of rotatable bonds is 7. The first-order valence-corrected chi connectivity index (χ1v) is 11.6. The second kappa shape index (κ2) is 8.46. The number of thiophene rings is 2. The summed E-state index contributed by atoms with van der Waals surface area (Å²) < 4.78 is 1.69. The molecule has 1 aliphatic heterocycles. The largest absolute Gasteiger partial charge is 0.368 e. The molecule has 28 heavy (non-hydrogen) atoms. The molecule has 2 amide bonds. The van der Waals surface area contributed by atoms with Gasteiger partial charge < -0.3 is 10.6 Å². The van der Waals surface area contributed by atoms with Crippen LogP contribution in [0, 0.1) is 0 Å². The summed E-state index contributed by atoms with van der Waals surface area (Å²) in [6.45, 7) is 0.759. The Bertz CT molecular complexity index is 952. The van der Waals surface area contributed by atoms with Crippen molar-refractivity contribution in [2.75, 3.05) is 12.3 Å². The third-order valence-electron chi connectivity index (χ3n) is 4.54. The first kappa shape index (κ1) is 19.2. The van der Waals surface area contributed by atoms with Gasteiger partial charge in [-0.2, -0.15) is 0 Å². The zero-order valence-corrected chi connectivity index (χ0v) is 17.4. The smallest absolute Gasteiger partial charge is 0.237 e. The molecule has 4 heterocycles. The molecule has 0 saturated carbocycles. The van der Waals surface area contributed by atoms with Gasteiger partial charge in [0.25, 0.3) is 0 Å². The molecule has 1 saturated heterocycles. The van der Waals surface area contributed by atoms with Crippen molar-refractivity contribution in [3.05, 3.63) is 39.9 Å². The fraction of sp³-hybridized carbons (Fsp3) is 0.333. The Morgan fingerprint density at radius 3 is 2.75 bits per heavy atom. The van der Waals surface area contributed by atoms with Crippen LogP contribution in [0.1, 0.15) is 23.8 Å². The van der Waals surface area contributed by atoms with E-state index in [9.17, 15) is 9.59 Å². The van der Waals surface area contributed by atoms with Crippen molar-refractivity contribution in [1.82, 2.24) is 19.7 Å². The number of amides is 2. The van der Waals surface area contributed by atoms with E-state index in [0.717, 1.165) is 24.3 Å². The number of primary amides is 1. The van der Waals surface area contributed by atoms with Crippen LogP contribution in [0.15, 0.2) is 40.2 Å². The molecule has 146 valence electrons. The molecule has 0 aliphatic carbocycles. The van der Waals surface area contributed by atoms with Gasteiger partial charge in [-0.15, -0.1) is 32.9 Å². The number of hydrogen-bond acceptors (Lipinski definition) is 7. The maximum absolute atomic E-state index is 12.9. The summed E-state index contributed by atoms with van der Waals surface area (Å²) in [6.07, 6.45) is 2.01. The predicted octanol–water partition coefficient (Wildman–Crippen LogP) is 3.01. The molecule has 1 unspecified atom stereocenters. The maximum Gasteiger partial charge on any atom is 0.237 e. The van der Waals surface area contributed by atoms with Crippen LogP contribution >= 0.6 is 34.4 Å². The van der Waals surface area contributed by atoms with Crippen LogP contribution in [-0.2, 0) is 16.1 Å². The third-order valence-corrected chi connectivity index (χ3v) is 7.33. The number of nitrogens with zero attached hydrogens (tertiary/aromatic N) is 4. The van der Waals surface area contributed by atoms with Crippen molar-refractivity contribution >= 4 is 46.2 Å². The highest BCUT2D eigenvalue weighted by molar-refractivity contribution is 7.99. The molecule has 10 heteroatoms. The van der Waals surface area contributed by atoms with Gasteiger partial charge in [-0.3, -0.25) is 14.2 Å². The Labute approximate surface area is 174 Å². The van der Waals surface area contributed by atoms with E-state index in [1.54, 1.807) is 15.9 Å². The average Bonchev–Trinajstić information content (AvgIpc) is 3.46. The predicted molar refractivity (Wildman–Crippen MR) is 111 cm³/mol. The Balaban J connectivity index is 1.48. The molecule has 0 aromatic carbocycles. The Morgan fingerprint density at radius 1 is 1.21 bits per heavy atom. The quantitative estimate of drug-likeness (QED) is 0.578. The van der Waals surface area contributed by atoms with Crippen molar-refractivity contribution in [3.8, 4) is 10.7 Å². The first-order valence-electron chi connectivity index (χ1n) is 8.84. The van der Waals surface area contributed by atoms with Crippen LogP contribution in [0.5, 0.6) is 0 Å². The van der Waals surface area contributed by atoms with Gasteiger partial charge in [-0.05, 0) is 35.7 Å². The molecule has 1 aliphatic rings. The Hall–Kier alpha value is -2.17. The van der Waals surface area contributed by atoms with Gasteiger partial charge in [0.05, 0.1) is 16.7 Å². The molecular formula is C18H19N5O2S3. The van der Waals surface area contributed by atoms with Crippen molar-refractivity contribution < 1.29 is 9.59 Å². The minimum atomic E-state index is -0.469. The highest BCUT2D eigenvalue weighted by Crippen LogP contribution is 2.35. The number of nitrogens with two attached hydrogens (primary N) is 1. The number of carbonyl (C=O) groups excluding carboxylic acids is 2. The number of carbonyl (C=O) groups is 2. The van der Waals surface area contributed by atoms with E-state index in [2.05, 4.69) is 16.3 Å². The molecule has 3 aromatic heterocycles. The fourth-order valence-corrected chi connectivity index (χ4v) is 5.75. The summed E-state index contributed by atoms with van der Waals surface area (Å²) >= 11 is 4.50. The number of likely N-dealkylation sites (tertiary alicyclic amines) is 1. The van der Waals surface area contributed by atoms with E-state index in [1.807, 2.05) is 33.9 Å². The van der Waals surface area contributed by atoms with Crippen molar-refractivity contribution in [2.45, 2.75) is 30.6 Å². The first-order chi connectivity index (χ1) is 13.6. The van der Waals surface area contributed by atoms with Crippen molar-refractivity contribution in [3.63, 3.8) is 0 Å². The van der Waals surface area contributed by atoms with Gasteiger partial charge in [0.15, 0.2) is 11.0 Å². The van der Waals surface area contributed by atoms with Gasteiger partial charge in [-0.25, -0.2) is 0 Å². The van der Waals surface area contributed by atoms with Crippen LogP contribution in [0.25, 0.3) is 10.7 Å². The van der Waals surface area contributed by atoms with Crippen LogP contribution in [0.2, 0.25) is 0 Å². The molecule has 2 N–H and O–H groups in total. The molecule has 0 bridgehead atoms. The van der Waals surface area contributed by atoms with Crippen LogP contribution in [0.3, 0.4) is 0 Å². The maximum atomic E-state index is 12.9. The highest BCUT2D eigenvalue weighted by Gasteiger charge is 2.30. The lowest BCUT2D eigenvalue weighted by Crippen LogP contribution is -2.31. The molecule has 1 atom stereocenters. The second-order valence-corrected chi connectivity index (χ2v) is 9.25. The second-order valence-electron chi connectivity index (χ2n) is 6.39. The number of hydrogen-bond donors (Lipinski definition) is 1. The van der Waals surface area contributed by atoms with E-state index < -0.39 is 5.91 Å². The van der Waals surface area contributed by atoms with E-state index in [0.29, 0.717) is 11.0 Å². The number of aromatic nitrogens is 3. The summed E-state index contributed by atoms with van der Waals surface area (Å²) in [5, 5.41) is 12.9. The minimum Gasteiger partial charge on any atom is -0.368 e. The molecule has 4 rings (SSSR count). The molecule has 1 fully saturated rings. The third kappa shape index (κ3) is 3.98. The zero-order valence-electron chi connectivity index (χ0n) is 15.0. The van der Waals surface area contributed by atoms with Gasteiger partial charge in [-0.1, -0.05) is 23.9 Å². The topological polar surface area (TPSA) is 94.1 Å². The molecule has 3 aromatic rings. The van der Waals surface area contributed by atoms with Gasteiger partial charge in [0.1, 0.15) is 6.54 Å². The van der Waals surface area contributed by atoms with Gasteiger partial charge in [0, 0.05) is 11.4 Å². The lowest BCUT2D eigenvalue weighted by atomic mass is 10.2. The van der Waals surface area contributed by atoms with E-state index >= 15 is 0 Å². The molecular weight excluding hydrogens is 414 g/mol. The summed E-state index contributed by atoms with van der Waals surface area (Å²) in [5.41, 5.74) is 5.41. The van der Waals surface area contributed by atoms with Crippen LogP contribution < -0.4 is 5.73 Å². The van der Waals surface area contributed by atoms with Crippen LogP contribution in [0.4, 0.5) is 0 Å². The van der Waals surface area contributed by atoms with E-state index in [-0.39, 0.29) is 24.2 Å². The van der Waals surface area contributed by atoms with Gasteiger partial charge in [0.2, 0.25) is 11.8 Å². The fourth-order valence-electron chi connectivity index (χ4n) is 3.33. The van der Waals surface area contributed by atoms with Crippen LogP contribution in [-0.4, -0.2) is 43.8 Å². The number of thioether (sulfide) groups is 1. The summed E-state index contributed by atoms with van der Waals surface area (Å²) in [6, 6.07) is 8.11. The van der Waals surface area contributed by atoms with Gasteiger partial charge >= 0.3 is 0 Å². The van der Waals surface area contributed by atoms with Crippen molar-refractivity contribution in [2.24, 2.45) is 5.73 Å². The normalized spacial score (nSPS) is 16.6. The zero-order chi connectivity index (χ0) is 19.5. The Morgan fingerprint density at radius 2 is 2.04 bits per heavy atom. The highest BCUT2D eigenvalue weighted by atomic mass is 32.2. The summed E-state index contributed by atoms with van der Waals surface area (Å²) in [7, 11) is 0. The monoisotopic (exact) mass is 433 g/mol. The standard InChI is InChI=1S/C18H19N5O2S3/c19-15(24)10-23-17(14-6-3-9-27-14)20-21-18(23)28-11-16(25)22-7-1-4-12(22)13-5-2-8-26-13/h2-3,5-6,8-9,12H,1,4,7,10-11H2,(H2,19,24).